The normalized spacial score (nSPS) is 10.9. The van der Waals surface area contributed by atoms with Gasteiger partial charge in [-0.2, -0.15) is 0 Å². The van der Waals surface area contributed by atoms with E-state index in [1.165, 1.54) is 24.3 Å². The first-order valence-corrected chi connectivity index (χ1v) is 5.50. The minimum atomic E-state index is -1.07. The van der Waals surface area contributed by atoms with Crippen molar-refractivity contribution in [2.45, 2.75) is 0 Å². The Morgan fingerprint density at radius 1 is 0.947 bits per heavy atom. The number of fused-ring (bicyclic) bond motifs is 3. The molecule has 2 aromatic carbocycles. The molecule has 0 saturated carbocycles. The first-order valence-electron chi connectivity index (χ1n) is 5.50. The molecule has 0 spiro atoms. The zero-order valence-corrected chi connectivity index (χ0v) is 9.58. The molecule has 3 aromatic rings. The molecule has 5 heteroatoms. The van der Waals surface area contributed by atoms with Crippen LogP contribution < -0.4 is 0 Å². The number of carboxylic acids is 2. The van der Waals surface area contributed by atoms with Crippen molar-refractivity contribution in [3.63, 3.8) is 0 Å². The number of aromatic carboxylic acids is 2. The summed E-state index contributed by atoms with van der Waals surface area (Å²) in [4.78, 5) is 22.2. The Kier molecular flexibility index (Phi) is 2.28. The van der Waals surface area contributed by atoms with Crippen LogP contribution in [0.4, 0.5) is 0 Å². The second-order valence-electron chi connectivity index (χ2n) is 4.10. The van der Waals surface area contributed by atoms with Crippen LogP contribution in [0.2, 0.25) is 0 Å². The summed E-state index contributed by atoms with van der Waals surface area (Å²) < 4.78 is 5.52. The lowest BCUT2D eigenvalue weighted by atomic mass is 10.0. The van der Waals surface area contributed by atoms with Gasteiger partial charge < -0.3 is 14.6 Å². The van der Waals surface area contributed by atoms with E-state index in [1.54, 1.807) is 12.1 Å². The zero-order valence-electron chi connectivity index (χ0n) is 9.58. The molecule has 0 aliphatic carbocycles. The molecule has 0 unspecified atom stereocenters. The zero-order chi connectivity index (χ0) is 13.6. The van der Waals surface area contributed by atoms with Gasteiger partial charge in [-0.1, -0.05) is 6.07 Å². The molecule has 94 valence electrons. The van der Waals surface area contributed by atoms with Gasteiger partial charge in [-0.3, -0.25) is 0 Å². The highest BCUT2D eigenvalue weighted by atomic mass is 16.4. The summed E-state index contributed by atoms with van der Waals surface area (Å²) in [6.45, 7) is 0. The summed E-state index contributed by atoms with van der Waals surface area (Å²) in [6, 6.07) is 9.09. The summed E-state index contributed by atoms with van der Waals surface area (Å²) in [5.41, 5.74) is 1.08. The van der Waals surface area contributed by atoms with Crippen molar-refractivity contribution in [2.75, 3.05) is 0 Å². The fourth-order valence-electron chi connectivity index (χ4n) is 2.14. The summed E-state index contributed by atoms with van der Waals surface area (Å²) in [7, 11) is 0. The van der Waals surface area contributed by atoms with Crippen molar-refractivity contribution >= 4 is 33.9 Å². The number of rotatable bonds is 2. The van der Waals surface area contributed by atoms with Crippen LogP contribution in [0.3, 0.4) is 0 Å². The highest BCUT2D eigenvalue weighted by Crippen LogP contribution is 2.32. The topological polar surface area (TPSA) is 87.7 Å². The molecular weight excluding hydrogens is 248 g/mol. The van der Waals surface area contributed by atoms with Crippen LogP contribution in [0.5, 0.6) is 0 Å². The maximum absolute atomic E-state index is 11.2. The Morgan fingerprint density at radius 3 is 2.42 bits per heavy atom. The van der Waals surface area contributed by atoms with Gasteiger partial charge in [0, 0.05) is 10.8 Å². The summed E-state index contributed by atoms with van der Waals surface area (Å²) in [5.74, 6) is -2.14. The maximum Gasteiger partial charge on any atom is 0.336 e. The monoisotopic (exact) mass is 256 g/mol. The predicted octanol–water partition coefficient (Wildman–Crippen LogP) is 2.98. The Labute approximate surface area is 106 Å². The van der Waals surface area contributed by atoms with Gasteiger partial charge in [-0.15, -0.1) is 0 Å². The lowest BCUT2D eigenvalue weighted by molar-refractivity contribution is 0.0687. The smallest absolute Gasteiger partial charge is 0.336 e. The number of hydrogen-bond donors (Lipinski definition) is 2. The molecule has 0 saturated heterocycles. The minimum Gasteiger partial charge on any atom is -0.478 e. The molecule has 0 amide bonds. The van der Waals surface area contributed by atoms with Crippen LogP contribution in [-0.2, 0) is 0 Å². The Hall–Kier alpha value is -2.82. The van der Waals surface area contributed by atoms with Gasteiger partial charge in [-0.25, -0.2) is 9.59 Å². The number of hydrogen-bond acceptors (Lipinski definition) is 3. The van der Waals surface area contributed by atoms with E-state index < -0.39 is 11.9 Å². The van der Waals surface area contributed by atoms with Crippen LogP contribution in [0.1, 0.15) is 20.7 Å². The van der Waals surface area contributed by atoms with Crippen molar-refractivity contribution < 1.29 is 24.2 Å². The third-order valence-corrected chi connectivity index (χ3v) is 2.97. The van der Waals surface area contributed by atoms with Gasteiger partial charge in [0.2, 0.25) is 0 Å². The van der Waals surface area contributed by atoms with E-state index in [0.29, 0.717) is 21.9 Å². The second kappa shape index (κ2) is 3.84. The second-order valence-corrected chi connectivity index (χ2v) is 4.10. The average molecular weight is 256 g/mol. The molecule has 0 bridgehead atoms. The van der Waals surface area contributed by atoms with E-state index in [-0.39, 0.29) is 11.1 Å². The Bertz CT molecular complexity index is 828. The average Bonchev–Trinajstić information content (AvgIpc) is 2.75. The quantitative estimate of drug-likeness (QED) is 0.735. The highest BCUT2D eigenvalue weighted by molar-refractivity contribution is 6.15. The third kappa shape index (κ3) is 1.63. The molecule has 1 heterocycles. The van der Waals surface area contributed by atoms with Crippen molar-refractivity contribution in [2.24, 2.45) is 0 Å². The van der Waals surface area contributed by atoms with Crippen molar-refractivity contribution in [3.8, 4) is 0 Å². The summed E-state index contributed by atoms with van der Waals surface area (Å²) >= 11 is 0. The number of benzene rings is 2. The molecule has 2 N–H and O–H groups in total. The molecule has 5 nitrogen and oxygen atoms in total. The van der Waals surface area contributed by atoms with Crippen LogP contribution in [0.15, 0.2) is 40.8 Å². The van der Waals surface area contributed by atoms with E-state index in [2.05, 4.69) is 0 Å². The molecule has 0 aliphatic rings. The fraction of sp³-hybridized carbons (Fsp3) is 0. The largest absolute Gasteiger partial charge is 0.478 e. The predicted molar refractivity (Wildman–Crippen MR) is 67.6 cm³/mol. The Balaban J connectivity index is 2.48. The lowest BCUT2D eigenvalue weighted by Crippen LogP contribution is -1.97. The standard InChI is InChI=1S/C14H8O5/c15-13(16)7-4-5-10-9(6-7)12-8(14(17)18)2-1-3-11(12)19-10/h1-6H,(H,15,16)(H,17,18). The van der Waals surface area contributed by atoms with Gasteiger partial charge in [-0.05, 0) is 30.3 Å². The van der Waals surface area contributed by atoms with Gasteiger partial charge in [0.25, 0.3) is 0 Å². The van der Waals surface area contributed by atoms with Gasteiger partial charge >= 0.3 is 11.9 Å². The third-order valence-electron chi connectivity index (χ3n) is 2.97. The molecule has 0 aliphatic heterocycles. The number of carboxylic acid groups (broad SMARTS) is 2. The van der Waals surface area contributed by atoms with E-state index in [1.807, 2.05) is 0 Å². The molecule has 1 aromatic heterocycles. The molecular formula is C14H8O5. The van der Waals surface area contributed by atoms with Gasteiger partial charge in [0.15, 0.2) is 0 Å². The van der Waals surface area contributed by atoms with Gasteiger partial charge in [0.1, 0.15) is 11.2 Å². The fourth-order valence-corrected chi connectivity index (χ4v) is 2.14. The molecule has 0 fully saturated rings. The van der Waals surface area contributed by atoms with Crippen LogP contribution in [0, 0.1) is 0 Å². The molecule has 19 heavy (non-hydrogen) atoms. The minimum absolute atomic E-state index is 0.0930. The van der Waals surface area contributed by atoms with Crippen LogP contribution >= 0.6 is 0 Å². The van der Waals surface area contributed by atoms with E-state index in [9.17, 15) is 14.7 Å². The molecule has 0 radical (unpaired) electrons. The highest BCUT2D eigenvalue weighted by Gasteiger charge is 2.16. The van der Waals surface area contributed by atoms with Crippen molar-refractivity contribution in [3.05, 3.63) is 47.5 Å². The van der Waals surface area contributed by atoms with Crippen LogP contribution in [-0.4, -0.2) is 22.2 Å². The number of furan rings is 1. The van der Waals surface area contributed by atoms with Crippen molar-refractivity contribution in [1.82, 2.24) is 0 Å². The first-order chi connectivity index (χ1) is 9.08. The van der Waals surface area contributed by atoms with E-state index in [0.717, 1.165) is 0 Å². The molecule has 0 atom stereocenters. The van der Waals surface area contributed by atoms with Gasteiger partial charge in [0.05, 0.1) is 11.1 Å². The first kappa shape index (κ1) is 11.3. The van der Waals surface area contributed by atoms with Crippen LogP contribution in [0.25, 0.3) is 21.9 Å². The lowest BCUT2D eigenvalue weighted by Gasteiger charge is -1.97. The summed E-state index contributed by atoms with van der Waals surface area (Å²) in [6.07, 6.45) is 0. The maximum atomic E-state index is 11.2. The summed E-state index contributed by atoms with van der Waals surface area (Å²) in [5, 5.41) is 19.1. The molecule has 3 rings (SSSR count). The SMILES string of the molecule is O=C(O)c1ccc2oc3cccc(C(=O)O)c3c2c1. The number of carbonyl (C=O) groups is 2. The van der Waals surface area contributed by atoms with Crippen molar-refractivity contribution in [1.29, 1.82) is 0 Å². The van der Waals surface area contributed by atoms with E-state index >= 15 is 0 Å². The Morgan fingerprint density at radius 2 is 1.74 bits per heavy atom. The van der Waals surface area contributed by atoms with E-state index in [4.69, 9.17) is 9.52 Å².